The second-order valence-electron chi connectivity index (χ2n) is 5.27. The highest BCUT2D eigenvalue weighted by Crippen LogP contribution is 2.30. The van der Waals surface area contributed by atoms with Crippen molar-refractivity contribution < 1.29 is 0 Å². The SMILES string of the molecule is Cc1cc2c(N(C)CCN(C)C)ccc(N)c2cn1. The Labute approximate surface area is 114 Å². The lowest BCUT2D eigenvalue weighted by molar-refractivity contribution is 0.416. The quantitative estimate of drug-likeness (QED) is 0.853. The summed E-state index contributed by atoms with van der Waals surface area (Å²) in [5, 5.41) is 2.20. The lowest BCUT2D eigenvalue weighted by Gasteiger charge is -2.23. The lowest BCUT2D eigenvalue weighted by Crippen LogP contribution is -2.28. The van der Waals surface area contributed by atoms with Crippen molar-refractivity contribution in [1.82, 2.24) is 9.88 Å². The van der Waals surface area contributed by atoms with Crippen LogP contribution in [-0.2, 0) is 0 Å². The number of hydrogen-bond donors (Lipinski definition) is 1. The molecule has 0 aliphatic carbocycles. The fourth-order valence-electron chi connectivity index (χ4n) is 2.15. The zero-order valence-electron chi connectivity index (χ0n) is 12.1. The predicted molar refractivity (Wildman–Crippen MR) is 82.7 cm³/mol. The molecule has 0 aliphatic rings. The van der Waals surface area contributed by atoms with Crippen LogP contribution < -0.4 is 10.6 Å². The number of aryl methyl sites for hydroxylation is 1. The van der Waals surface area contributed by atoms with Gasteiger partial charge in [-0.3, -0.25) is 4.98 Å². The number of likely N-dealkylation sites (N-methyl/N-ethyl adjacent to an activating group) is 2. The maximum atomic E-state index is 6.03. The van der Waals surface area contributed by atoms with Crippen LogP contribution in [0.25, 0.3) is 10.8 Å². The van der Waals surface area contributed by atoms with Gasteiger partial charge in [-0.25, -0.2) is 0 Å². The summed E-state index contributed by atoms with van der Waals surface area (Å²) in [6.45, 7) is 4.01. The molecule has 0 saturated heterocycles. The van der Waals surface area contributed by atoms with Gasteiger partial charge in [0.05, 0.1) is 0 Å². The molecule has 4 heteroatoms. The number of aromatic nitrogens is 1. The van der Waals surface area contributed by atoms with E-state index in [1.54, 1.807) is 0 Å². The highest BCUT2D eigenvalue weighted by Gasteiger charge is 2.09. The summed E-state index contributed by atoms with van der Waals surface area (Å²) < 4.78 is 0. The summed E-state index contributed by atoms with van der Waals surface area (Å²) in [6.07, 6.45) is 1.86. The van der Waals surface area contributed by atoms with Crippen molar-refractivity contribution in [2.24, 2.45) is 0 Å². The van der Waals surface area contributed by atoms with Gasteiger partial charge in [-0.15, -0.1) is 0 Å². The summed E-state index contributed by atoms with van der Waals surface area (Å²) >= 11 is 0. The number of nitrogens with two attached hydrogens (primary N) is 1. The minimum atomic E-state index is 0.784. The van der Waals surface area contributed by atoms with Crippen LogP contribution in [0, 0.1) is 6.92 Å². The fraction of sp³-hybridized carbons (Fsp3) is 0.400. The monoisotopic (exact) mass is 258 g/mol. The van der Waals surface area contributed by atoms with E-state index >= 15 is 0 Å². The van der Waals surface area contributed by atoms with E-state index in [9.17, 15) is 0 Å². The number of rotatable bonds is 4. The molecule has 1 aromatic carbocycles. The Morgan fingerprint density at radius 3 is 2.53 bits per heavy atom. The van der Waals surface area contributed by atoms with E-state index in [1.165, 1.54) is 11.1 Å². The summed E-state index contributed by atoms with van der Waals surface area (Å²) in [7, 11) is 6.29. The molecule has 0 atom stereocenters. The molecule has 0 aliphatic heterocycles. The van der Waals surface area contributed by atoms with Crippen molar-refractivity contribution in [1.29, 1.82) is 0 Å². The molecule has 0 amide bonds. The van der Waals surface area contributed by atoms with Crippen LogP contribution in [0.4, 0.5) is 11.4 Å². The molecular formula is C15H22N4. The standard InChI is InChI=1S/C15H22N4/c1-11-9-12-13(10-17-11)14(16)5-6-15(12)19(4)8-7-18(2)3/h5-6,9-10H,7-8,16H2,1-4H3. The summed E-state index contributed by atoms with van der Waals surface area (Å²) in [5.41, 5.74) is 9.03. The van der Waals surface area contributed by atoms with E-state index in [1.807, 2.05) is 19.2 Å². The molecule has 1 heterocycles. The third-order valence-corrected chi connectivity index (χ3v) is 3.34. The van der Waals surface area contributed by atoms with Crippen LogP contribution in [0.15, 0.2) is 24.4 Å². The number of anilines is 2. The first-order chi connectivity index (χ1) is 8.99. The minimum absolute atomic E-state index is 0.784. The van der Waals surface area contributed by atoms with E-state index in [2.05, 4.69) is 48.1 Å². The van der Waals surface area contributed by atoms with Gasteiger partial charge in [0.2, 0.25) is 0 Å². The van der Waals surface area contributed by atoms with Crippen LogP contribution in [0.5, 0.6) is 0 Å². The summed E-state index contributed by atoms with van der Waals surface area (Å²) in [6, 6.07) is 6.15. The van der Waals surface area contributed by atoms with Gasteiger partial charge in [0, 0.05) is 54.2 Å². The summed E-state index contributed by atoms with van der Waals surface area (Å²) in [4.78, 5) is 8.78. The Morgan fingerprint density at radius 1 is 1.11 bits per heavy atom. The van der Waals surface area contributed by atoms with Gasteiger partial charge in [-0.2, -0.15) is 0 Å². The average molecular weight is 258 g/mol. The molecule has 0 bridgehead atoms. The zero-order valence-corrected chi connectivity index (χ0v) is 12.1. The van der Waals surface area contributed by atoms with Crippen molar-refractivity contribution in [3.63, 3.8) is 0 Å². The molecule has 2 rings (SSSR count). The van der Waals surface area contributed by atoms with Crippen LogP contribution in [0.1, 0.15) is 5.69 Å². The third-order valence-electron chi connectivity index (χ3n) is 3.34. The maximum Gasteiger partial charge on any atom is 0.0446 e. The van der Waals surface area contributed by atoms with Gasteiger partial charge in [0.1, 0.15) is 0 Å². The lowest BCUT2D eigenvalue weighted by atomic mass is 10.1. The molecule has 0 spiro atoms. The molecule has 0 fully saturated rings. The second-order valence-corrected chi connectivity index (χ2v) is 5.27. The first-order valence-electron chi connectivity index (χ1n) is 6.49. The van der Waals surface area contributed by atoms with Gasteiger partial charge < -0.3 is 15.5 Å². The predicted octanol–water partition coefficient (Wildman–Crippen LogP) is 2.12. The molecule has 0 radical (unpaired) electrons. The first-order valence-corrected chi connectivity index (χ1v) is 6.49. The van der Waals surface area contributed by atoms with E-state index in [4.69, 9.17) is 5.73 Å². The number of nitrogens with zero attached hydrogens (tertiary/aromatic N) is 3. The van der Waals surface area contributed by atoms with Crippen molar-refractivity contribution in [3.05, 3.63) is 30.1 Å². The van der Waals surface area contributed by atoms with Gasteiger partial charge >= 0.3 is 0 Å². The van der Waals surface area contributed by atoms with Crippen molar-refractivity contribution in [3.8, 4) is 0 Å². The summed E-state index contributed by atoms with van der Waals surface area (Å²) in [5.74, 6) is 0. The van der Waals surface area contributed by atoms with Gasteiger partial charge in [0.15, 0.2) is 0 Å². The molecule has 102 valence electrons. The van der Waals surface area contributed by atoms with Gasteiger partial charge in [0.25, 0.3) is 0 Å². The van der Waals surface area contributed by atoms with E-state index < -0.39 is 0 Å². The van der Waals surface area contributed by atoms with Crippen molar-refractivity contribution >= 4 is 22.1 Å². The van der Waals surface area contributed by atoms with E-state index in [-0.39, 0.29) is 0 Å². The topological polar surface area (TPSA) is 45.4 Å². The maximum absolute atomic E-state index is 6.03. The normalized spacial score (nSPS) is 11.2. The number of nitrogen functional groups attached to an aromatic ring is 1. The van der Waals surface area contributed by atoms with Crippen LogP contribution >= 0.6 is 0 Å². The second kappa shape index (κ2) is 5.45. The molecule has 1 aromatic heterocycles. The average Bonchev–Trinajstić information content (AvgIpc) is 2.36. The zero-order chi connectivity index (χ0) is 14.0. The Balaban J connectivity index is 2.42. The van der Waals surface area contributed by atoms with Crippen molar-refractivity contribution in [2.45, 2.75) is 6.92 Å². The number of benzene rings is 1. The van der Waals surface area contributed by atoms with Crippen LogP contribution in [0.2, 0.25) is 0 Å². The van der Waals surface area contributed by atoms with Gasteiger partial charge in [-0.05, 0) is 39.2 Å². The number of fused-ring (bicyclic) bond motifs is 1. The van der Waals surface area contributed by atoms with Crippen molar-refractivity contribution in [2.75, 3.05) is 44.9 Å². The Kier molecular flexibility index (Phi) is 3.90. The molecular weight excluding hydrogens is 236 g/mol. The van der Waals surface area contributed by atoms with E-state index in [0.29, 0.717) is 0 Å². The number of hydrogen-bond acceptors (Lipinski definition) is 4. The van der Waals surface area contributed by atoms with Crippen LogP contribution in [0.3, 0.4) is 0 Å². The molecule has 2 aromatic rings. The molecule has 0 saturated carbocycles. The Bertz CT molecular complexity index is 578. The smallest absolute Gasteiger partial charge is 0.0446 e. The Hall–Kier alpha value is -1.81. The fourth-order valence-corrected chi connectivity index (χ4v) is 2.15. The minimum Gasteiger partial charge on any atom is -0.398 e. The highest BCUT2D eigenvalue weighted by atomic mass is 15.2. The molecule has 0 unspecified atom stereocenters. The molecule has 19 heavy (non-hydrogen) atoms. The number of pyridine rings is 1. The third kappa shape index (κ3) is 2.96. The van der Waals surface area contributed by atoms with Crippen LogP contribution in [-0.4, -0.2) is 44.1 Å². The Morgan fingerprint density at radius 2 is 1.84 bits per heavy atom. The molecule has 4 nitrogen and oxygen atoms in total. The largest absolute Gasteiger partial charge is 0.398 e. The molecule has 2 N–H and O–H groups in total. The van der Waals surface area contributed by atoms with E-state index in [0.717, 1.165) is 29.9 Å². The van der Waals surface area contributed by atoms with Gasteiger partial charge in [-0.1, -0.05) is 0 Å². The highest BCUT2D eigenvalue weighted by molar-refractivity contribution is 6.01. The first kappa shape index (κ1) is 13.6.